The van der Waals surface area contributed by atoms with E-state index in [0.29, 0.717) is 6.54 Å². The van der Waals surface area contributed by atoms with Gasteiger partial charge in [-0.3, -0.25) is 14.5 Å². The van der Waals surface area contributed by atoms with Crippen LogP contribution in [0.5, 0.6) is 5.75 Å². The van der Waals surface area contributed by atoms with Crippen LogP contribution in [-0.2, 0) is 20.9 Å². The molecule has 0 bridgehead atoms. The second kappa shape index (κ2) is 4.97. The molecule has 5 nitrogen and oxygen atoms in total. The normalized spacial score (nSPS) is 16.8. The maximum absolute atomic E-state index is 11.1. The lowest BCUT2D eigenvalue weighted by Crippen LogP contribution is -2.42. The van der Waals surface area contributed by atoms with Crippen molar-refractivity contribution >= 4 is 11.9 Å². The van der Waals surface area contributed by atoms with E-state index in [-0.39, 0.29) is 13.1 Å². The van der Waals surface area contributed by atoms with Crippen LogP contribution in [-0.4, -0.2) is 37.0 Å². The van der Waals surface area contributed by atoms with Crippen molar-refractivity contribution in [1.29, 1.82) is 0 Å². The fraction of sp³-hybridized carbons (Fsp3) is 0.333. The number of morpholine rings is 1. The van der Waals surface area contributed by atoms with E-state index in [9.17, 15) is 9.59 Å². The van der Waals surface area contributed by atoms with Gasteiger partial charge in [-0.05, 0) is 17.7 Å². The smallest absolute Gasteiger partial charge is 0.327 e. The molecule has 0 spiro atoms. The average Bonchev–Trinajstić information content (AvgIpc) is 2.28. The Morgan fingerprint density at radius 3 is 2.65 bits per heavy atom. The molecule has 1 aromatic rings. The number of nitrogens with zero attached hydrogens (tertiary/aromatic N) is 1. The van der Waals surface area contributed by atoms with E-state index in [4.69, 9.17) is 4.74 Å². The van der Waals surface area contributed by atoms with Crippen LogP contribution >= 0.6 is 0 Å². The molecule has 0 radical (unpaired) electrons. The van der Waals surface area contributed by atoms with E-state index in [0.717, 1.165) is 11.3 Å². The number of carbonyl (C=O) groups excluding carboxylic acids is 2. The highest BCUT2D eigenvalue weighted by atomic mass is 16.6. The van der Waals surface area contributed by atoms with Gasteiger partial charge in [0.05, 0.1) is 20.2 Å². The summed E-state index contributed by atoms with van der Waals surface area (Å²) in [6.45, 7) is 0.809. The van der Waals surface area contributed by atoms with Gasteiger partial charge >= 0.3 is 11.9 Å². The summed E-state index contributed by atoms with van der Waals surface area (Å²) in [6.07, 6.45) is 0. The molecule has 0 aliphatic carbocycles. The first-order chi connectivity index (χ1) is 8.17. The zero-order chi connectivity index (χ0) is 12.3. The van der Waals surface area contributed by atoms with Crippen molar-refractivity contribution in [3.8, 4) is 5.75 Å². The van der Waals surface area contributed by atoms with Crippen LogP contribution < -0.4 is 4.74 Å². The Morgan fingerprint density at radius 1 is 1.29 bits per heavy atom. The van der Waals surface area contributed by atoms with Gasteiger partial charge < -0.3 is 9.47 Å². The molecule has 90 valence electrons. The second-order valence-corrected chi connectivity index (χ2v) is 3.84. The number of benzene rings is 1. The predicted molar refractivity (Wildman–Crippen MR) is 59.4 cm³/mol. The molecule has 0 aromatic heterocycles. The van der Waals surface area contributed by atoms with Crippen molar-refractivity contribution < 1.29 is 19.1 Å². The minimum Gasteiger partial charge on any atom is -0.497 e. The number of hydrogen-bond acceptors (Lipinski definition) is 5. The van der Waals surface area contributed by atoms with E-state index >= 15 is 0 Å². The van der Waals surface area contributed by atoms with Crippen LogP contribution in [0.15, 0.2) is 24.3 Å². The first-order valence-corrected chi connectivity index (χ1v) is 5.26. The van der Waals surface area contributed by atoms with Crippen LogP contribution in [0.25, 0.3) is 0 Å². The van der Waals surface area contributed by atoms with Gasteiger partial charge in [-0.2, -0.15) is 0 Å². The minimum atomic E-state index is -0.496. The standard InChI is InChI=1S/C12H13NO4/c1-16-10-4-2-3-9(5-10)6-13-7-11(14)17-12(15)8-13/h2-5H,6-8H2,1H3. The third kappa shape index (κ3) is 3.04. The van der Waals surface area contributed by atoms with Crippen LogP contribution in [0.1, 0.15) is 5.56 Å². The van der Waals surface area contributed by atoms with Crippen LogP contribution in [0.4, 0.5) is 0 Å². The lowest BCUT2D eigenvalue weighted by atomic mass is 10.2. The Morgan fingerprint density at radius 2 is 2.00 bits per heavy atom. The molecule has 1 aliphatic heterocycles. The molecular weight excluding hydrogens is 222 g/mol. The van der Waals surface area contributed by atoms with E-state index < -0.39 is 11.9 Å². The van der Waals surface area contributed by atoms with Gasteiger partial charge in [0.25, 0.3) is 0 Å². The third-order valence-electron chi connectivity index (χ3n) is 2.47. The van der Waals surface area contributed by atoms with Gasteiger partial charge in [0.1, 0.15) is 5.75 Å². The highest BCUT2D eigenvalue weighted by Crippen LogP contribution is 2.15. The molecule has 0 saturated carbocycles. The molecule has 1 fully saturated rings. The molecule has 5 heteroatoms. The highest BCUT2D eigenvalue weighted by molar-refractivity contribution is 5.90. The van der Waals surface area contributed by atoms with Gasteiger partial charge in [-0.15, -0.1) is 0 Å². The van der Waals surface area contributed by atoms with Crippen molar-refractivity contribution in [1.82, 2.24) is 4.90 Å². The van der Waals surface area contributed by atoms with Crippen molar-refractivity contribution in [2.45, 2.75) is 6.54 Å². The molecular formula is C12H13NO4. The van der Waals surface area contributed by atoms with Crippen LogP contribution in [0.3, 0.4) is 0 Å². The fourth-order valence-electron chi connectivity index (χ4n) is 1.75. The molecule has 0 atom stereocenters. The molecule has 1 saturated heterocycles. The zero-order valence-electron chi connectivity index (χ0n) is 9.51. The third-order valence-corrected chi connectivity index (χ3v) is 2.47. The molecule has 1 aliphatic rings. The van der Waals surface area contributed by atoms with Crippen LogP contribution in [0, 0.1) is 0 Å². The highest BCUT2D eigenvalue weighted by Gasteiger charge is 2.24. The Bertz CT molecular complexity index is 428. The summed E-state index contributed by atoms with van der Waals surface area (Å²) in [5.41, 5.74) is 0.992. The largest absolute Gasteiger partial charge is 0.497 e. The molecule has 17 heavy (non-hydrogen) atoms. The van der Waals surface area contributed by atoms with Gasteiger partial charge in [-0.25, -0.2) is 0 Å². The summed E-state index contributed by atoms with van der Waals surface area (Å²) in [4.78, 5) is 23.9. The maximum atomic E-state index is 11.1. The zero-order valence-corrected chi connectivity index (χ0v) is 9.51. The molecule has 0 amide bonds. The van der Waals surface area contributed by atoms with E-state index in [1.54, 1.807) is 12.0 Å². The average molecular weight is 235 g/mol. The maximum Gasteiger partial charge on any atom is 0.327 e. The van der Waals surface area contributed by atoms with Gasteiger partial charge in [0, 0.05) is 6.54 Å². The van der Waals surface area contributed by atoms with Crippen molar-refractivity contribution in [3.63, 3.8) is 0 Å². The number of rotatable bonds is 3. The summed E-state index contributed by atoms with van der Waals surface area (Å²) in [5, 5.41) is 0. The SMILES string of the molecule is COc1cccc(CN2CC(=O)OC(=O)C2)c1. The van der Waals surface area contributed by atoms with E-state index in [1.165, 1.54) is 0 Å². The first kappa shape index (κ1) is 11.6. The number of methoxy groups -OCH3 is 1. The lowest BCUT2D eigenvalue weighted by Gasteiger charge is -2.24. The van der Waals surface area contributed by atoms with Crippen molar-refractivity contribution in [2.24, 2.45) is 0 Å². The molecule has 1 aromatic carbocycles. The molecule has 0 unspecified atom stereocenters. The molecule has 1 heterocycles. The Kier molecular flexibility index (Phi) is 3.39. The monoisotopic (exact) mass is 235 g/mol. The Labute approximate surface area is 98.9 Å². The summed E-state index contributed by atoms with van der Waals surface area (Å²) in [6, 6.07) is 7.52. The van der Waals surface area contributed by atoms with Gasteiger partial charge in [-0.1, -0.05) is 12.1 Å². The lowest BCUT2D eigenvalue weighted by molar-refractivity contribution is -0.167. The summed E-state index contributed by atoms with van der Waals surface area (Å²) < 4.78 is 9.56. The fourth-order valence-corrected chi connectivity index (χ4v) is 1.75. The van der Waals surface area contributed by atoms with Crippen LogP contribution in [0.2, 0.25) is 0 Å². The van der Waals surface area contributed by atoms with E-state index in [2.05, 4.69) is 4.74 Å². The number of hydrogen-bond donors (Lipinski definition) is 0. The number of carbonyl (C=O) groups is 2. The Balaban J connectivity index is 2.04. The summed E-state index contributed by atoms with van der Waals surface area (Å²) in [7, 11) is 1.60. The second-order valence-electron chi connectivity index (χ2n) is 3.84. The predicted octanol–water partition coefficient (Wildman–Crippen LogP) is 0.581. The number of esters is 2. The summed E-state index contributed by atoms with van der Waals surface area (Å²) >= 11 is 0. The van der Waals surface area contributed by atoms with Gasteiger partial charge in [0.15, 0.2) is 0 Å². The summed E-state index contributed by atoms with van der Waals surface area (Å²) in [5.74, 6) is -0.235. The molecule has 2 rings (SSSR count). The minimum absolute atomic E-state index is 0.142. The molecule has 0 N–H and O–H groups in total. The topological polar surface area (TPSA) is 55.8 Å². The van der Waals surface area contributed by atoms with Crippen molar-refractivity contribution in [2.75, 3.05) is 20.2 Å². The van der Waals surface area contributed by atoms with Gasteiger partial charge in [0.2, 0.25) is 0 Å². The van der Waals surface area contributed by atoms with E-state index in [1.807, 2.05) is 24.3 Å². The first-order valence-electron chi connectivity index (χ1n) is 5.26. The van der Waals surface area contributed by atoms with Crippen molar-refractivity contribution in [3.05, 3.63) is 29.8 Å². The number of cyclic esters (lactones) is 2. The Hall–Kier alpha value is -1.88. The quantitative estimate of drug-likeness (QED) is 0.566. The number of ether oxygens (including phenoxy) is 2.